The lowest BCUT2D eigenvalue weighted by Crippen LogP contribution is -2.21. The average Bonchev–Trinajstić information content (AvgIpc) is 1.82. The van der Waals surface area contributed by atoms with Crippen molar-refractivity contribution >= 4 is 5.78 Å². The van der Waals surface area contributed by atoms with Gasteiger partial charge < -0.3 is 4.74 Å². The summed E-state index contributed by atoms with van der Waals surface area (Å²) in [7, 11) is 0. The number of hydrogen-bond acceptors (Lipinski definition) is 2. The number of halogens is 3. The molecule has 0 fully saturated rings. The van der Waals surface area contributed by atoms with Crippen LogP contribution >= 0.6 is 0 Å². The van der Waals surface area contributed by atoms with Crippen molar-refractivity contribution in [2.75, 3.05) is 0 Å². The first-order valence-corrected chi connectivity index (χ1v) is 3.58. The molecule has 0 amide bonds. The van der Waals surface area contributed by atoms with Crippen LogP contribution in [0, 0.1) is 0 Å². The van der Waals surface area contributed by atoms with Gasteiger partial charge in [0.15, 0.2) is 0 Å². The summed E-state index contributed by atoms with van der Waals surface area (Å²) in [6, 6.07) is 0. The molecule has 5 heteroatoms. The van der Waals surface area contributed by atoms with E-state index >= 15 is 0 Å². The molecule has 0 aromatic carbocycles. The van der Waals surface area contributed by atoms with E-state index in [1.54, 1.807) is 20.8 Å². The molecule has 0 aromatic heterocycles. The van der Waals surface area contributed by atoms with Gasteiger partial charge in [0, 0.05) is 6.08 Å². The van der Waals surface area contributed by atoms with E-state index in [1.807, 2.05) is 0 Å². The molecule has 0 atom stereocenters. The van der Waals surface area contributed by atoms with Crippen LogP contribution in [0.3, 0.4) is 0 Å². The molecule has 0 unspecified atom stereocenters. The number of hydrogen-bond donors (Lipinski definition) is 0. The molecule has 0 heterocycles. The van der Waals surface area contributed by atoms with Crippen LogP contribution in [0.15, 0.2) is 12.3 Å². The lowest BCUT2D eigenvalue weighted by molar-refractivity contribution is -0.165. The normalized spacial score (nSPS) is 13.4. The molecule has 0 aliphatic rings. The van der Waals surface area contributed by atoms with Crippen LogP contribution in [-0.4, -0.2) is 17.6 Å². The predicted octanol–water partition coefficient (Wildman–Crippen LogP) is 2.45. The molecule has 0 spiro atoms. The molecule has 0 rings (SSSR count). The van der Waals surface area contributed by atoms with Crippen LogP contribution in [0.2, 0.25) is 0 Å². The Hall–Kier alpha value is -1.00. The van der Waals surface area contributed by atoms with Crippen molar-refractivity contribution in [3.8, 4) is 0 Å². The summed E-state index contributed by atoms with van der Waals surface area (Å²) in [6.45, 7) is 4.99. The number of allylic oxidation sites excluding steroid dienone is 1. The highest BCUT2D eigenvalue weighted by atomic mass is 19.4. The molecule has 76 valence electrons. The number of alkyl halides is 3. The first-order chi connectivity index (χ1) is 5.63. The molecule has 0 N–H and O–H groups in total. The van der Waals surface area contributed by atoms with Crippen LogP contribution in [0.5, 0.6) is 0 Å². The van der Waals surface area contributed by atoms with Gasteiger partial charge in [0.2, 0.25) is 0 Å². The fourth-order valence-corrected chi connectivity index (χ4v) is 0.394. The van der Waals surface area contributed by atoms with E-state index in [2.05, 4.69) is 0 Å². The molecule has 2 nitrogen and oxygen atoms in total. The van der Waals surface area contributed by atoms with E-state index in [1.165, 1.54) is 0 Å². The third kappa shape index (κ3) is 6.19. The molecular formula is C8H11F3O2. The van der Waals surface area contributed by atoms with Gasteiger partial charge in [0.05, 0.1) is 11.9 Å². The van der Waals surface area contributed by atoms with E-state index in [4.69, 9.17) is 4.74 Å². The molecule has 0 saturated carbocycles. The predicted molar refractivity (Wildman–Crippen MR) is 41.0 cm³/mol. The van der Waals surface area contributed by atoms with Gasteiger partial charge in [0.1, 0.15) is 0 Å². The largest absolute Gasteiger partial charge is 0.496 e. The second kappa shape index (κ2) is 3.81. The van der Waals surface area contributed by atoms with Gasteiger partial charge in [-0.3, -0.25) is 4.79 Å². The third-order valence-corrected chi connectivity index (χ3v) is 0.920. The van der Waals surface area contributed by atoms with Gasteiger partial charge in [-0.05, 0) is 20.8 Å². The summed E-state index contributed by atoms with van der Waals surface area (Å²) in [5.74, 6) is -1.92. The highest BCUT2D eigenvalue weighted by Crippen LogP contribution is 2.16. The van der Waals surface area contributed by atoms with Crippen molar-refractivity contribution in [2.45, 2.75) is 32.5 Å². The van der Waals surface area contributed by atoms with Gasteiger partial charge in [0.25, 0.3) is 5.78 Å². The van der Waals surface area contributed by atoms with E-state index in [0.717, 1.165) is 6.26 Å². The molecule has 0 aromatic rings. The van der Waals surface area contributed by atoms with Crippen LogP contribution in [0.1, 0.15) is 20.8 Å². The maximum Gasteiger partial charge on any atom is 0.454 e. The van der Waals surface area contributed by atoms with Crippen LogP contribution in [-0.2, 0) is 9.53 Å². The van der Waals surface area contributed by atoms with E-state index in [9.17, 15) is 18.0 Å². The quantitative estimate of drug-likeness (QED) is 0.501. The zero-order valence-corrected chi connectivity index (χ0v) is 7.61. The topological polar surface area (TPSA) is 26.3 Å². The van der Waals surface area contributed by atoms with Crippen LogP contribution in [0.25, 0.3) is 0 Å². The maximum absolute atomic E-state index is 11.6. The Labute approximate surface area is 74.4 Å². The smallest absolute Gasteiger partial charge is 0.454 e. The standard InChI is InChI=1S/C8H11F3O2/c1-7(2,3)13-5-4-6(12)8(9,10)11/h4-5H,1-3H3/b5-4+. The zero-order valence-electron chi connectivity index (χ0n) is 7.61. The first-order valence-electron chi connectivity index (χ1n) is 3.58. The molecule has 0 saturated heterocycles. The summed E-state index contributed by atoms with van der Waals surface area (Å²) < 4.78 is 39.6. The van der Waals surface area contributed by atoms with E-state index < -0.39 is 17.6 Å². The lowest BCUT2D eigenvalue weighted by atomic mass is 10.2. The monoisotopic (exact) mass is 196 g/mol. The third-order valence-electron chi connectivity index (χ3n) is 0.920. The van der Waals surface area contributed by atoms with Gasteiger partial charge in [-0.2, -0.15) is 13.2 Å². The van der Waals surface area contributed by atoms with Crippen LogP contribution < -0.4 is 0 Å². The van der Waals surface area contributed by atoms with Gasteiger partial charge in [-0.1, -0.05) is 0 Å². The van der Waals surface area contributed by atoms with Crippen molar-refractivity contribution in [1.29, 1.82) is 0 Å². The molecule has 0 bridgehead atoms. The zero-order chi connectivity index (χ0) is 10.7. The Morgan fingerprint density at radius 1 is 1.23 bits per heavy atom. The highest BCUT2D eigenvalue weighted by Gasteiger charge is 2.36. The van der Waals surface area contributed by atoms with Crippen molar-refractivity contribution in [2.24, 2.45) is 0 Å². The van der Waals surface area contributed by atoms with Crippen LogP contribution in [0.4, 0.5) is 13.2 Å². The minimum absolute atomic E-state index is 0.366. The van der Waals surface area contributed by atoms with Crippen molar-refractivity contribution < 1.29 is 22.7 Å². The Morgan fingerprint density at radius 2 is 1.69 bits per heavy atom. The number of rotatable bonds is 2. The Balaban J connectivity index is 4.09. The van der Waals surface area contributed by atoms with Gasteiger partial charge in [-0.15, -0.1) is 0 Å². The Morgan fingerprint density at radius 3 is 2.00 bits per heavy atom. The fourth-order valence-electron chi connectivity index (χ4n) is 0.394. The van der Waals surface area contributed by atoms with Crippen molar-refractivity contribution in [1.82, 2.24) is 0 Å². The molecule has 0 radical (unpaired) electrons. The number of carbonyl (C=O) groups is 1. The van der Waals surface area contributed by atoms with Crippen molar-refractivity contribution in [3.05, 3.63) is 12.3 Å². The summed E-state index contributed by atoms with van der Waals surface area (Å²) in [6.07, 6.45) is -3.70. The molecule has 0 aliphatic heterocycles. The summed E-state index contributed by atoms with van der Waals surface area (Å²) in [5.41, 5.74) is -0.595. The molecular weight excluding hydrogens is 185 g/mol. The maximum atomic E-state index is 11.6. The minimum Gasteiger partial charge on any atom is -0.496 e. The average molecular weight is 196 g/mol. The Kier molecular flexibility index (Phi) is 3.51. The molecule has 13 heavy (non-hydrogen) atoms. The SMILES string of the molecule is CC(C)(C)O/C=C/C(=O)C(F)(F)F. The Bertz CT molecular complexity index is 210. The van der Waals surface area contributed by atoms with Gasteiger partial charge in [-0.25, -0.2) is 0 Å². The summed E-state index contributed by atoms with van der Waals surface area (Å²) in [5, 5.41) is 0. The van der Waals surface area contributed by atoms with Crippen molar-refractivity contribution in [3.63, 3.8) is 0 Å². The van der Waals surface area contributed by atoms with Gasteiger partial charge >= 0.3 is 6.18 Å². The fraction of sp³-hybridized carbons (Fsp3) is 0.625. The summed E-state index contributed by atoms with van der Waals surface area (Å²) >= 11 is 0. The number of ether oxygens (including phenoxy) is 1. The minimum atomic E-state index is -4.82. The second-order valence-electron chi connectivity index (χ2n) is 3.39. The lowest BCUT2D eigenvalue weighted by Gasteiger charge is -2.17. The number of ketones is 1. The second-order valence-corrected chi connectivity index (χ2v) is 3.39. The first kappa shape index (κ1) is 12.0. The highest BCUT2D eigenvalue weighted by molar-refractivity contribution is 5.94. The number of carbonyl (C=O) groups excluding carboxylic acids is 1. The molecule has 0 aliphatic carbocycles. The van der Waals surface area contributed by atoms with E-state index in [0.29, 0.717) is 6.08 Å². The summed E-state index contributed by atoms with van der Waals surface area (Å²) in [4.78, 5) is 10.3. The van der Waals surface area contributed by atoms with E-state index in [-0.39, 0.29) is 0 Å².